The van der Waals surface area contributed by atoms with Gasteiger partial charge in [0.2, 0.25) is 0 Å². The highest BCUT2D eigenvalue weighted by Crippen LogP contribution is 2.33. The molecule has 0 spiro atoms. The van der Waals surface area contributed by atoms with Gasteiger partial charge in [0.15, 0.2) is 0 Å². The summed E-state index contributed by atoms with van der Waals surface area (Å²) in [6, 6.07) is 5.57. The van der Waals surface area contributed by atoms with Gasteiger partial charge in [-0.25, -0.2) is 4.98 Å². The Hall–Kier alpha value is -2.50. The maximum absolute atomic E-state index is 10.5. The van der Waals surface area contributed by atoms with Gasteiger partial charge in [-0.15, -0.1) is 0 Å². The third-order valence-electron chi connectivity index (χ3n) is 3.13. The smallest absolute Gasteiger partial charge is 0.303 e. The van der Waals surface area contributed by atoms with Gasteiger partial charge in [-0.1, -0.05) is 0 Å². The molecule has 1 aromatic heterocycles. The molecule has 2 N–H and O–H groups in total. The maximum atomic E-state index is 10.5. The number of carboxylic acid groups (broad SMARTS) is 1. The van der Waals surface area contributed by atoms with Gasteiger partial charge in [0, 0.05) is 36.0 Å². The van der Waals surface area contributed by atoms with Crippen molar-refractivity contribution in [3.05, 3.63) is 24.4 Å². The Morgan fingerprint density at radius 3 is 2.76 bits per heavy atom. The van der Waals surface area contributed by atoms with E-state index in [9.17, 15) is 4.79 Å². The lowest BCUT2D eigenvalue weighted by atomic mass is 10.1. The zero-order valence-corrected chi connectivity index (χ0v) is 12.0. The first-order chi connectivity index (χ1) is 10.2. The molecule has 0 saturated carbocycles. The van der Waals surface area contributed by atoms with Crippen LogP contribution in [0.5, 0.6) is 11.5 Å². The summed E-state index contributed by atoms with van der Waals surface area (Å²) in [6.07, 6.45) is 2.36. The van der Waals surface area contributed by atoms with Crippen LogP contribution in [0.25, 0.3) is 10.8 Å². The Balaban J connectivity index is 2.28. The molecule has 0 aliphatic heterocycles. The van der Waals surface area contributed by atoms with E-state index in [4.69, 9.17) is 14.6 Å². The molecule has 0 unspecified atom stereocenters. The Bertz CT molecular complexity index is 643. The maximum Gasteiger partial charge on any atom is 0.303 e. The number of anilines is 1. The Morgan fingerprint density at radius 2 is 2.10 bits per heavy atom. The summed E-state index contributed by atoms with van der Waals surface area (Å²) in [7, 11) is 3.20. The zero-order valence-electron chi connectivity index (χ0n) is 12.0. The Morgan fingerprint density at radius 1 is 1.29 bits per heavy atom. The summed E-state index contributed by atoms with van der Waals surface area (Å²) in [5.74, 6) is 1.28. The van der Waals surface area contributed by atoms with Crippen molar-refractivity contribution >= 4 is 22.6 Å². The second-order valence-electron chi connectivity index (χ2n) is 4.51. The zero-order chi connectivity index (χ0) is 15.2. The molecule has 6 heteroatoms. The van der Waals surface area contributed by atoms with E-state index in [2.05, 4.69) is 10.3 Å². The summed E-state index contributed by atoms with van der Waals surface area (Å²) in [4.78, 5) is 14.8. The number of carbonyl (C=O) groups is 1. The van der Waals surface area contributed by atoms with E-state index >= 15 is 0 Å². The number of benzene rings is 1. The number of methoxy groups -OCH3 is 2. The van der Waals surface area contributed by atoms with Crippen LogP contribution < -0.4 is 14.8 Å². The second kappa shape index (κ2) is 6.78. The van der Waals surface area contributed by atoms with E-state index in [-0.39, 0.29) is 6.42 Å². The Kier molecular flexibility index (Phi) is 4.81. The fraction of sp³-hybridized carbons (Fsp3) is 0.333. The molecule has 21 heavy (non-hydrogen) atoms. The van der Waals surface area contributed by atoms with Crippen molar-refractivity contribution in [3.63, 3.8) is 0 Å². The first-order valence-corrected chi connectivity index (χ1v) is 6.62. The molecule has 0 saturated heterocycles. The number of rotatable bonds is 7. The highest BCUT2D eigenvalue weighted by Gasteiger charge is 2.09. The number of carboxylic acids is 1. The summed E-state index contributed by atoms with van der Waals surface area (Å²) in [5.41, 5.74) is 0. The Labute approximate surface area is 122 Å². The monoisotopic (exact) mass is 290 g/mol. The number of pyridine rings is 1. The van der Waals surface area contributed by atoms with Gasteiger partial charge in [0.1, 0.15) is 17.3 Å². The lowest BCUT2D eigenvalue weighted by Crippen LogP contribution is -2.06. The van der Waals surface area contributed by atoms with Gasteiger partial charge in [-0.3, -0.25) is 4.79 Å². The summed E-state index contributed by atoms with van der Waals surface area (Å²) in [5, 5.41) is 13.6. The first kappa shape index (κ1) is 14.9. The number of nitrogens with zero attached hydrogens (tertiary/aromatic N) is 1. The van der Waals surface area contributed by atoms with Crippen LogP contribution in [0, 0.1) is 0 Å². The van der Waals surface area contributed by atoms with Crippen molar-refractivity contribution < 1.29 is 19.4 Å². The molecule has 112 valence electrons. The fourth-order valence-corrected chi connectivity index (χ4v) is 2.10. The summed E-state index contributed by atoms with van der Waals surface area (Å²) < 4.78 is 10.6. The molecule has 2 rings (SSSR count). The van der Waals surface area contributed by atoms with Crippen LogP contribution in [0.1, 0.15) is 12.8 Å². The largest absolute Gasteiger partial charge is 0.497 e. The predicted molar refractivity (Wildman–Crippen MR) is 80.2 cm³/mol. The van der Waals surface area contributed by atoms with E-state index in [0.717, 1.165) is 10.8 Å². The molecule has 2 aromatic rings. The van der Waals surface area contributed by atoms with Crippen molar-refractivity contribution in [3.8, 4) is 11.5 Å². The van der Waals surface area contributed by atoms with Crippen LogP contribution in [0.2, 0.25) is 0 Å². The van der Waals surface area contributed by atoms with E-state index in [1.807, 2.05) is 18.2 Å². The summed E-state index contributed by atoms with van der Waals surface area (Å²) >= 11 is 0. The molecule has 0 aliphatic carbocycles. The minimum Gasteiger partial charge on any atom is -0.497 e. The number of aliphatic carboxylic acids is 1. The molecule has 0 aliphatic rings. The molecule has 0 fully saturated rings. The lowest BCUT2D eigenvalue weighted by Gasteiger charge is -2.12. The van der Waals surface area contributed by atoms with E-state index in [1.54, 1.807) is 20.4 Å². The van der Waals surface area contributed by atoms with Gasteiger partial charge in [0.05, 0.1) is 14.2 Å². The molecular weight excluding hydrogens is 272 g/mol. The normalized spacial score (nSPS) is 10.4. The minimum absolute atomic E-state index is 0.129. The predicted octanol–water partition coefficient (Wildman–Crippen LogP) is 2.53. The first-order valence-electron chi connectivity index (χ1n) is 6.62. The van der Waals surface area contributed by atoms with Crippen LogP contribution in [-0.2, 0) is 4.79 Å². The second-order valence-corrected chi connectivity index (χ2v) is 4.51. The van der Waals surface area contributed by atoms with Crippen LogP contribution in [0.3, 0.4) is 0 Å². The molecule has 1 heterocycles. The van der Waals surface area contributed by atoms with Crippen molar-refractivity contribution in [1.82, 2.24) is 4.98 Å². The molecule has 0 radical (unpaired) electrons. The topological polar surface area (TPSA) is 80.7 Å². The minimum atomic E-state index is -0.800. The summed E-state index contributed by atoms with van der Waals surface area (Å²) in [6.45, 7) is 0.540. The quantitative estimate of drug-likeness (QED) is 0.763. The molecular formula is C15H18N2O4. The SMILES string of the molecule is COc1cc(OC)c2ccnc(NCCCC(=O)O)c2c1. The number of fused-ring (bicyclic) bond motifs is 1. The van der Waals surface area contributed by atoms with E-state index in [0.29, 0.717) is 30.3 Å². The number of aromatic nitrogens is 1. The van der Waals surface area contributed by atoms with Crippen molar-refractivity contribution in [2.75, 3.05) is 26.1 Å². The van der Waals surface area contributed by atoms with Gasteiger partial charge in [-0.05, 0) is 18.6 Å². The fourth-order valence-electron chi connectivity index (χ4n) is 2.10. The molecule has 6 nitrogen and oxygen atoms in total. The van der Waals surface area contributed by atoms with Crippen LogP contribution >= 0.6 is 0 Å². The molecule has 0 amide bonds. The van der Waals surface area contributed by atoms with Crippen molar-refractivity contribution in [2.45, 2.75) is 12.8 Å². The van der Waals surface area contributed by atoms with Crippen LogP contribution in [0.4, 0.5) is 5.82 Å². The number of nitrogens with one attached hydrogen (secondary N) is 1. The molecule has 0 bridgehead atoms. The number of hydrogen-bond acceptors (Lipinski definition) is 5. The van der Waals surface area contributed by atoms with Crippen molar-refractivity contribution in [2.24, 2.45) is 0 Å². The highest BCUT2D eigenvalue weighted by atomic mass is 16.5. The van der Waals surface area contributed by atoms with Crippen LogP contribution in [-0.4, -0.2) is 36.8 Å². The molecule has 0 atom stereocenters. The average molecular weight is 290 g/mol. The van der Waals surface area contributed by atoms with E-state index in [1.165, 1.54) is 0 Å². The third-order valence-corrected chi connectivity index (χ3v) is 3.13. The van der Waals surface area contributed by atoms with Gasteiger partial charge in [-0.2, -0.15) is 0 Å². The lowest BCUT2D eigenvalue weighted by molar-refractivity contribution is -0.137. The van der Waals surface area contributed by atoms with Gasteiger partial charge < -0.3 is 19.9 Å². The van der Waals surface area contributed by atoms with E-state index < -0.39 is 5.97 Å². The van der Waals surface area contributed by atoms with Crippen LogP contribution in [0.15, 0.2) is 24.4 Å². The van der Waals surface area contributed by atoms with Crippen molar-refractivity contribution in [1.29, 1.82) is 0 Å². The highest BCUT2D eigenvalue weighted by molar-refractivity contribution is 5.97. The number of hydrogen-bond donors (Lipinski definition) is 2. The third kappa shape index (κ3) is 3.53. The molecule has 1 aromatic carbocycles. The average Bonchev–Trinajstić information content (AvgIpc) is 2.50. The number of ether oxygens (including phenoxy) is 2. The standard InChI is InChI=1S/C15H18N2O4/c1-20-10-8-12-11(13(9-10)21-2)5-7-17-15(12)16-6-3-4-14(18)19/h5,7-9H,3-4,6H2,1-2H3,(H,16,17)(H,18,19). The van der Waals surface area contributed by atoms with Gasteiger partial charge in [0.25, 0.3) is 0 Å². The van der Waals surface area contributed by atoms with Gasteiger partial charge >= 0.3 is 5.97 Å².